The number of aryl methyl sites for hydroxylation is 1. The average molecular weight is 298 g/mol. The largest absolute Gasteiger partial charge is 0.463 e. The van der Waals surface area contributed by atoms with Crippen molar-refractivity contribution in [1.82, 2.24) is 14.9 Å². The molecule has 0 fully saturated rings. The Hall–Kier alpha value is -3.16. The van der Waals surface area contributed by atoms with Gasteiger partial charge in [-0.25, -0.2) is 5.43 Å². The average Bonchev–Trinajstić information content (AvgIpc) is 3.27. The van der Waals surface area contributed by atoms with Crippen molar-refractivity contribution in [3.8, 4) is 0 Å². The number of nitrogens with one attached hydrogen (secondary N) is 1. The first-order valence-electron chi connectivity index (χ1n) is 6.71. The fraction of sp³-hybridized carbons (Fsp3) is 0.143. The molecule has 0 aliphatic carbocycles. The smallest absolute Gasteiger partial charge is 0.266 e. The molecule has 8 heteroatoms. The molecule has 3 aromatic heterocycles. The Balaban J connectivity index is 1.77. The minimum Gasteiger partial charge on any atom is -0.463 e. The fourth-order valence-electron chi connectivity index (χ4n) is 1.72. The van der Waals surface area contributed by atoms with E-state index < -0.39 is 0 Å². The lowest BCUT2D eigenvalue weighted by atomic mass is 10.5. The third kappa shape index (κ3) is 3.11. The standard InChI is InChI=1S/C14H14N6O2/c1-2-13-17-19-14(18-15-9-11-5-3-7-21-11)20(13)16-10-12-6-4-8-22-12/h3-10H,2H2,1H3,(H,18,19)/b15-9-,16-10-. The molecule has 112 valence electrons. The van der Waals surface area contributed by atoms with E-state index in [1.165, 1.54) is 0 Å². The molecule has 0 aromatic carbocycles. The molecule has 0 saturated heterocycles. The Morgan fingerprint density at radius 3 is 2.50 bits per heavy atom. The number of hydrogen-bond donors (Lipinski definition) is 1. The third-order valence-electron chi connectivity index (χ3n) is 2.76. The summed E-state index contributed by atoms with van der Waals surface area (Å²) in [6, 6.07) is 7.18. The first-order valence-corrected chi connectivity index (χ1v) is 6.71. The molecule has 22 heavy (non-hydrogen) atoms. The second-order valence-corrected chi connectivity index (χ2v) is 4.25. The van der Waals surface area contributed by atoms with Gasteiger partial charge in [0.25, 0.3) is 5.95 Å². The van der Waals surface area contributed by atoms with Crippen LogP contribution in [0.15, 0.2) is 55.8 Å². The van der Waals surface area contributed by atoms with Crippen LogP contribution in [0.5, 0.6) is 0 Å². The molecular formula is C14H14N6O2. The zero-order chi connectivity index (χ0) is 15.2. The Labute approximate surface area is 126 Å². The number of hydrazone groups is 1. The van der Waals surface area contributed by atoms with Crippen LogP contribution in [0, 0.1) is 0 Å². The summed E-state index contributed by atoms with van der Waals surface area (Å²) in [5.74, 6) is 2.38. The second kappa shape index (κ2) is 6.53. The highest BCUT2D eigenvalue weighted by Gasteiger charge is 2.09. The highest BCUT2D eigenvalue weighted by atomic mass is 16.3. The molecule has 0 spiro atoms. The SMILES string of the molecule is CCc1nnc(N/N=C\c2ccco2)n1/N=C\c1ccco1. The molecular weight excluding hydrogens is 284 g/mol. The summed E-state index contributed by atoms with van der Waals surface area (Å²) in [7, 11) is 0. The Bertz CT molecular complexity index is 755. The van der Waals surface area contributed by atoms with Gasteiger partial charge < -0.3 is 8.83 Å². The lowest BCUT2D eigenvalue weighted by Gasteiger charge is -2.01. The number of aromatic nitrogens is 3. The summed E-state index contributed by atoms with van der Waals surface area (Å²) in [6.45, 7) is 1.97. The predicted octanol–water partition coefficient (Wildman–Crippen LogP) is 2.35. The van der Waals surface area contributed by atoms with Gasteiger partial charge in [-0.2, -0.15) is 14.9 Å². The van der Waals surface area contributed by atoms with Crippen LogP contribution in [-0.4, -0.2) is 27.3 Å². The molecule has 3 aromatic rings. The van der Waals surface area contributed by atoms with Crippen LogP contribution in [0.2, 0.25) is 0 Å². The highest BCUT2D eigenvalue weighted by Crippen LogP contribution is 2.09. The van der Waals surface area contributed by atoms with Crippen molar-refractivity contribution in [2.24, 2.45) is 10.2 Å². The van der Waals surface area contributed by atoms with Crippen LogP contribution < -0.4 is 5.43 Å². The van der Waals surface area contributed by atoms with Gasteiger partial charge in [0.1, 0.15) is 11.5 Å². The molecule has 1 N–H and O–H groups in total. The highest BCUT2D eigenvalue weighted by molar-refractivity contribution is 5.76. The number of anilines is 1. The molecule has 0 atom stereocenters. The van der Waals surface area contributed by atoms with E-state index in [4.69, 9.17) is 8.83 Å². The number of nitrogens with zero attached hydrogens (tertiary/aromatic N) is 5. The zero-order valence-electron chi connectivity index (χ0n) is 11.9. The Kier molecular flexibility index (Phi) is 4.10. The lowest BCUT2D eigenvalue weighted by Crippen LogP contribution is -2.02. The number of furan rings is 2. The molecule has 8 nitrogen and oxygen atoms in total. The van der Waals surface area contributed by atoms with Gasteiger partial charge in [0.05, 0.1) is 25.0 Å². The van der Waals surface area contributed by atoms with Gasteiger partial charge in [-0.3, -0.25) is 0 Å². The maximum Gasteiger partial charge on any atom is 0.266 e. The van der Waals surface area contributed by atoms with Crippen molar-refractivity contribution in [1.29, 1.82) is 0 Å². The molecule has 3 rings (SSSR count). The number of rotatable bonds is 6. The molecule has 0 saturated carbocycles. The van der Waals surface area contributed by atoms with Crippen LogP contribution in [0.4, 0.5) is 5.95 Å². The van der Waals surface area contributed by atoms with E-state index in [0.29, 0.717) is 29.7 Å². The minimum absolute atomic E-state index is 0.405. The van der Waals surface area contributed by atoms with Crippen molar-refractivity contribution in [3.05, 3.63) is 54.1 Å². The van der Waals surface area contributed by atoms with E-state index in [9.17, 15) is 0 Å². The summed E-state index contributed by atoms with van der Waals surface area (Å²) in [5, 5.41) is 16.4. The van der Waals surface area contributed by atoms with Crippen LogP contribution in [-0.2, 0) is 6.42 Å². The van der Waals surface area contributed by atoms with Crippen molar-refractivity contribution in [2.45, 2.75) is 13.3 Å². The van der Waals surface area contributed by atoms with E-state index in [0.717, 1.165) is 0 Å². The topological polar surface area (TPSA) is 93.7 Å². The van der Waals surface area contributed by atoms with Crippen molar-refractivity contribution in [2.75, 3.05) is 5.43 Å². The van der Waals surface area contributed by atoms with E-state index in [1.54, 1.807) is 47.8 Å². The van der Waals surface area contributed by atoms with Gasteiger partial charge in [0, 0.05) is 6.42 Å². The lowest BCUT2D eigenvalue weighted by molar-refractivity contribution is 0.559. The Morgan fingerprint density at radius 2 is 1.86 bits per heavy atom. The molecule has 0 radical (unpaired) electrons. The van der Waals surface area contributed by atoms with Crippen LogP contribution in [0.3, 0.4) is 0 Å². The summed E-state index contributed by atoms with van der Waals surface area (Å²) in [5.41, 5.74) is 2.79. The van der Waals surface area contributed by atoms with Gasteiger partial charge in [-0.1, -0.05) is 6.92 Å². The fourth-order valence-corrected chi connectivity index (χ4v) is 1.72. The summed E-state index contributed by atoms with van der Waals surface area (Å²) in [4.78, 5) is 0. The maximum atomic E-state index is 5.21. The minimum atomic E-state index is 0.405. The van der Waals surface area contributed by atoms with Gasteiger partial charge in [0.2, 0.25) is 0 Å². The quantitative estimate of drug-likeness (QED) is 0.557. The molecule has 0 aliphatic rings. The van der Waals surface area contributed by atoms with Gasteiger partial charge in [-0.15, -0.1) is 10.2 Å². The van der Waals surface area contributed by atoms with E-state index >= 15 is 0 Å². The molecule has 0 bridgehead atoms. The summed E-state index contributed by atoms with van der Waals surface area (Å²) >= 11 is 0. The van der Waals surface area contributed by atoms with Gasteiger partial charge in [-0.05, 0) is 24.3 Å². The van der Waals surface area contributed by atoms with Crippen molar-refractivity contribution < 1.29 is 8.83 Å². The van der Waals surface area contributed by atoms with Crippen LogP contribution in [0.1, 0.15) is 24.3 Å². The van der Waals surface area contributed by atoms with E-state index in [2.05, 4.69) is 25.8 Å². The van der Waals surface area contributed by atoms with Crippen molar-refractivity contribution in [3.63, 3.8) is 0 Å². The third-order valence-corrected chi connectivity index (χ3v) is 2.76. The number of hydrogen-bond acceptors (Lipinski definition) is 7. The van der Waals surface area contributed by atoms with Gasteiger partial charge >= 0.3 is 0 Å². The second-order valence-electron chi connectivity index (χ2n) is 4.25. The first kappa shape index (κ1) is 13.8. The van der Waals surface area contributed by atoms with E-state index in [1.807, 2.05) is 13.0 Å². The molecule has 3 heterocycles. The monoisotopic (exact) mass is 298 g/mol. The van der Waals surface area contributed by atoms with E-state index in [-0.39, 0.29) is 0 Å². The normalized spacial score (nSPS) is 11.7. The summed E-state index contributed by atoms with van der Waals surface area (Å²) < 4.78 is 11.9. The van der Waals surface area contributed by atoms with Gasteiger partial charge in [0.15, 0.2) is 5.82 Å². The van der Waals surface area contributed by atoms with Crippen molar-refractivity contribution >= 4 is 18.4 Å². The summed E-state index contributed by atoms with van der Waals surface area (Å²) in [6.07, 6.45) is 6.98. The van der Waals surface area contributed by atoms with Crippen LogP contribution in [0.25, 0.3) is 0 Å². The van der Waals surface area contributed by atoms with Crippen LogP contribution >= 0.6 is 0 Å². The molecule has 0 amide bonds. The predicted molar refractivity (Wildman–Crippen MR) is 81.0 cm³/mol. The first-order chi connectivity index (χ1) is 10.9. The zero-order valence-corrected chi connectivity index (χ0v) is 11.9. The molecule has 0 unspecified atom stereocenters. The Morgan fingerprint density at radius 1 is 1.14 bits per heavy atom. The molecule has 0 aliphatic heterocycles. The maximum absolute atomic E-state index is 5.21.